The third-order valence-electron chi connectivity index (χ3n) is 3.14. The Bertz CT molecular complexity index is 435. The van der Waals surface area contributed by atoms with E-state index in [1.807, 2.05) is 24.3 Å². The van der Waals surface area contributed by atoms with Gasteiger partial charge in [0.05, 0.1) is 6.61 Å². The summed E-state index contributed by atoms with van der Waals surface area (Å²) in [5.74, 6) is -0.0737. The maximum Gasteiger partial charge on any atom is 0.411 e. The van der Waals surface area contributed by atoms with E-state index < -0.39 is 12.8 Å². The molecule has 1 aliphatic rings. The molecule has 0 aliphatic heterocycles. The maximum atomic E-state index is 12.1. The van der Waals surface area contributed by atoms with Crippen molar-refractivity contribution in [3.63, 3.8) is 0 Å². The SMILES string of the molecule is FC(F)(F)COCC(CNC1CC1)c1cccc(Br)c1. The van der Waals surface area contributed by atoms with Crippen molar-refractivity contribution in [2.45, 2.75) is 31.0 Å². The van der Waals surface area contributed by atoms with Gasteiger partial charge in [-0.05, 0) is 30.5 Å². The second kappa shape index (κ2) is 6.91. The molecule has 112 valence electrons. The van der Waals surface area contributed by atoms with Gasteiger partial charge in [-0.2, -0.15) is 13.2 Å². The summed E-state index contributed by atoms with van der Waals surface area (Å²) in [5.41, 5.74) is 0.981. The van der Waals surface area contributed by atoms with Crippen LogP contribution < -0.4 is 5.32 Å². The Morgan fingerprint density at radius 3 is 2.70 bits per heavy atom. The summed E-state index contributed by atoms with van der Waals surface area (Å²) < 4.78 is 42.2. The number of halogens is 4. The normalized spacial score (nSPS) is 17.2. The number of hydrogen-bond acceptors (Lipinski definition) is 2. The van der Waals surface area contributed by atoms with Gasteiger partial charge in [-0.1, -0.05) is 28.1 Å². The molecule has 1 unspecified atom stereocenters. The quantitative estimate of drug-likeness (QED) is 0.805. The first-order valence-electron chi connectivity index (χ1n) is 6.57. The van der Waals surface area contributed by atoms with Crippen LogP contribution in [-0.4, -0.2) is 32.0 Å². The number of ether oxygens (including phenoxy) is 1. The van der Waals surface area contributed by atoms with Gasteiger partial charge >= 0.3 is 6.18 Å². The van der Waals surface area contributed by atoms with Gasteiger partial charge in [-0.15, -0.1) is 0 Å². The summed E-state index contributed by atoms with van der Waals surface area (Å²) in [6, 6.07) is 8.14. The lowest BCUT2D eigenvalue weighted by Gasteiger charge is -2.19. The molecule has 1 saturated carbocycles. The van der Waals surface area contributed by atoms with Crippen LogP contribution in [0.15, 0.2) is 28.7 Å². The van der Waals surface area contributed by atoms with Gasteiger partial charge in [0.1, 0.15) is 6.61 Å². The largest absolute Gasteiger partial charge is 0.411 e. The van der Waals surface area contributed by atoms with Crippen molar-refractivity contribution < 1.29 is 17.9 Å². The van der Waals surface area contributed by atoms with Crippen molar-refractivity contribution in [2.75, 3.05) is 19.8 Å². The summed E-state index contributed by atoms with van der Waals surface area (Å²) in [7, 11) is 0. The van der Waals surface area contributed by atoms with Crippen molar-refractivity contribution >= 4 is 15.9 Å². The lowest BCUT2D eigenvalue weighted by atomic mass is 10.00. The number of alkyl halides is 3. The van der Waals surface area contributed by atoms with Gasteiger partial charge < -0.3 is 10.1 Å². The molecule has 2 rings (SSSR count). The number of nitrogens with one attached hydrogen (secondary N) is 1. The van der Waals surface area contributed by atoms with E-state index in [0.717, 1.165) is 22.9 Å². The molecule has 0 bridgehead atoms. The van der Waals surface area contributed by atoms with Crippen molar-refractivity contribution in [3.8, 4) is 0 Å². The second-order valence-corrected chi connectivity index (χ2v) is 5.98. The molecule has 1 aliphatic carbocycles. The Labute approximate surface area is 124 Å². The molecule has 1 aromatic rings. The zero-order chi connectivity index (χ0) is 14.6. The predicted octanol–water partition coefficient (Wildman–Crippen LogP) is 3.86. The summed E-state index contributed by atoms with van der Waals surface area (Å²) in [6.45, 7) is -0.490. The minimum Gasteiger partial charge on any atom is -0.371 e. The highest BCUT2D eigenvalue weighted by atomic mass is 79.9. The van der Waals surface area contributed by atoms with Crippen molar-refractivity contribution in [2.24, 2.45) is 0 Å². The third-order valence-corrected chi connectivity index (χ3v) is 3.63. The van der Waals surface area contributed by atoms with Gasteiger partial charge in [0.2, 0.25) is 0 Å². The number of hydrogen-bond donors (Lipinski definition) is 1. The minimum absolute atomic E-state index is 0.0652. The molecule has 0 radical (unpaired) electrons. The molecule has 1 atom stereocenters. The van der Waals surface area contributed by atoms with Crippen LogP contribution in [0.5, 0.6) is 0 Å². The monoisotopic (exact) mass is 351 g/mol. The van der Waals surface area contributed by atoms with E-state index in [0.29, 0.717) is 12.6 Å². The fourth-order valence-electron chi connectivity index (χ4n) is 1.95. The van der Waals surface area contributed by atoms with Gasteiger partial charge in [0.15, 0.2) is 0 Å². The molecule has 0 amide bonds. The van der Waals surface area contributed by atoms with Crippen LogP contribution in [0.25, 0.3) is 0 Å². The molecular weight excluding hydrogens is 335 g/mol. The first kappa shape index (κ1) is 15.8. The molecule has 6 heteroatoms. The van der Waals surface area contributed by atoms with E-state index in [-0.39, 0.29) is 12.5 Å². The topological polar surface area (TPSA) is 21.3 Å². The third kappa shape index (κ3) is 5.81. The highest BCUT2D eigenvalue weighted by Gasteiger charge is 2.28. The van der Waals surface area contributed by atoms with Gasteiger partial charge in [0, 0.05) is 23.0 Å². The van der Waals surface area contributed by atoms with Crippen LogP contribution in [0.1, 0.15) is 24.3 Å². The average molecular weight is 352 g/mol. The second-order valence-electron chi connectivity index (χ2n) is 5.06. The lowest BCUT2D eigenvalue weighted by Crippen LogP contribution is -2.28. The zero-order valence-electron chi connectivity index (χ0n) is 10.9. The standard InChI is InChI=1S/C14H17BrF3NO/c15-12-3-1-2-10(6-12)11(7-19-13-4-5-13)8-20-9-14(16,17)18/h1-3,6,11,13,19H,4-5,7-9H2. The number of benzene rings is 1. The average Bonchev–Trinajstić information content (AvgIpc) is 3.16. The Hall–Kier alpha value is -0.590. The minimum atomic E-state index is -4.27. The molecule has 20 heavy (non-hydrogen) atoms. The first-order valence-corrected chi connectivity index (χ1v) is 7.37. The fourth-order valence-corrected chi connectivity index (χ4v) is 2.36. The molecule has 0 spiro atoms. The van der Waals surface area contributed by atoms with Crippen LogP contribution >= 0.6 is 15.9 Å². The van der Waals surface area contributed by atoms with Crippen LogP contribution in [0, 0.1) is 0 Å². The Morgan fingerprint density at radius 1 is 1.35 bits per heavy atom. The van der Waals surface area contributed by atoms with Crippen molar-refractivity contribution in [1.29, 1.82) is 0 Å². The maximum absolute atomic E-state index is 12.1. The van der Waals surface area contributed by atoms with Crippen LogP contribution in [0.3, 0.4) is 0 Å². The van der Waals surface area contributed by atoms with E-state index in [1.54, 1.807) is 0 Å². The van der Waals surface area contributed by atoms with Crippen LogP contribution in [0.2, 0.25) is 0 Å². The molecule has 2 nitrogen and oxygen atoms in total. The predicted molar refractivity (Wildman–Crippen MR) is 74.8 cm³/mol. The Morgan fingerprint density at radius 2 is 2.10 bits per heavy atom. The highest BCUT2D eigenvalue weighted by molar-refractivity contribution is 9.10. The summed E-state index contributed by atoms with van der Waals surface area (Å²) in [4.78, 5) is 0. The zero-order valence-corrected chi connectivity index (χ0v) is 12.5. The number of rotatable bonds is 7. The van der Waals surface area contributed by atoms with E-state index >= 15 is 0 Å². The molecule has 0 saturated heterocycles. The Kier molecular flexibility index (Phi) is 5.46. The molecule has 0 aromatic heterocycles. The van der Waals surface area contributed by atoms with Crippen molar-refractivity contribution in [1.82, 2.24) is 5.32 Å². The summed E-state index contributed by atoms with van der Waals surface area (Å²) in [5, 5.41) is 3.35. The summed E-state index contributed by atoms with van der Waals surface area (Å²) in [6.07, 6.45) is -1.98. The Balaban J connectivity index is 1.92. The lowest BCUT2D eigenvalue weighted by molar-refractivity contribution is -0.174. The van der Waals surface area contributed by atoms with Gasteiger partial charge in [-0.25, -0.2) is 0 Å². The fraction of sp³-hybridized carbons (Fsp3) is 0.571. The van der Waals surface area contributed by atoms with E-state index in [2.05, 4.69) is 21.2 Å². The van der Waals surface area contributed by atoms with Crippen molar-refractivity contribution in [3.05, 3.63) is 34.3 Å². The summed E-state index contributed by atoms with van der Waals surface area (Å²) >= 11 is 3.38. The highest BCUT2D eigenvalue weighted by Crippen LogP contribution is 2.24. The molecular formula is C14H17BrF3NO. The van der Waals surface area contributed by atoms with Crippen LogP contribution in [-0.2, 0) is 4.74 Å². The van der Waals surface area contributed by atoms with Crippen LogP contribution in [0.4, 0.5) is 13.2 Å². The van der Waals surface area contributed by atoms with E-state index in [9.17, 15) is 13.2 Å². The van der Waals surface area contributed by atoms with E-state index in [4.69, 9.17) is 4.74 Å². The van der Waals surface area contributed by atoms with E-state index in [1.165, 1.54) is 0 Å². The molecule has 1 N–H and O–H groups in total. The smallest absolute Gasteiger partial charge is 0.371 e. The first-order chi connectivity index (χ1) is 9.44. The molecule has 0 heterocycles. The molecule has 1 fully saturated rings. The van der Waals surface area contributed by atoms with Gasteiger partial charge in [-0.3, -0.25) is 0 Å². The molecule has 1 aromatic carbocycles. The van der Waals surface area contributed by atoms with Gasteiger partial charge in [0.25, 0.3) is 0 Å².